The lowest BCUT2D eigenvalue weighted by Gasteiger charge is -2.40. The molecule has 7 heteroatoms. The molecule has 1 fully saturated rings. The Morgan fingerprint density at radius 2 is 2.30 bits per heavy atom. The molecule has 1 aromatic heterocycles. The number of fused-ring (bicyclic) bond motifs is 1. The first kappa shape index (κ1) is 16.4. The van der Waals surface area contributed by atoms with Gasteiger partial charge < -0.3 is 14.8 Å². The number of hydrogen-bond donors (Lipinski definition) is 1. The number of nitrogens with one attached hydrogen (secondary N) is 1. The van der Waals surface area contributed by atoms with E-state index in [4.69, 9.17) is 9.47 Å². The standard InChI is InChI=1S/C16H26N4O3/c1-22-9-6-17-16(21)10-15-12-19(13-3-7-23-8-4-13)11-14-2-5-18-20(14)15/h2,5,13,15H,3-4,6-12H2,1H3,(H,17,21)/t15-/m0/s1. The van der Waals surface area contributed by atoms with E-state index in [0.717, 1.165) is 39.1 Å². The molecule has 23 heavy (non-hydrogen) atoms. The minimum Gasteiger partial charge on any atom is -0.383 e. The zero-order valence-electron chi connectivity index (χ0n) is 13.7. The predicted octanol–water partition coefficient (Wildman–Crippen LogP) is 0.572. The minimum absolute atomic E-state index is 0.0577. The highest BCUT2D eigenvalue weighted by molar-refractivity contribution is 5.76. The normalized spacial score (nSPS) is 22.7. The van der Waals surface area contributed by atoms with Gasteiger partial charge in [0.05, 0.1) is 24.8 Å². The van der Waals surface area contributed by atoms with Crippen LogP contribution in [0.25, 0.3) is 0 Å². The molecule has 0 saturated carbocycles. The molecule has 2 aliphatic rings. The first-order valence-corrected chi connectivity index (χ1v) is 8.37. The van der Waals surface area contributed by atoms with Gasteiger partial charge in [0.1, 0.15) is 0 Å². The highest BCUT2D eigenvalue weighted by Gasteiger charge is 2.31. The van der Waals surface area contributed by atoms with Gasteiger partial charge in [-0.1, -0.05) is 0 Å². The van der Waals surface area contributed by atoms with Crippen molar-refractivity contribution in [3.05, 3.63) is 18.0 Å². The summed E-state index contributed by atoms with van der Waals surface area (Å²) in [5.74, 6) is 0.0577. The van der Waals surface area contributed by atoms with Gasteiger partial charge in [-0.15, -0.1) is 0 Å². The van der Waals surface area contributed by atoms with Crippen molar-refractivity contribution < 1.29 is 14.3 Å². The lowest BCUT2D eigenvalue weighted by Crippen LogP contribution is -2.46. The largest absolute Gasteiger partial charge is 0.383 e. The Morgan fingerprint density at radius 1 is 1.48 bits per heavy atom. The molecule has 3 heterocycles. The van der Waals surface area contributed by atoms with E-state index in [-0.39, 0.29) is 11.9 Å². The van der Waals surface area contributed by atoms with Crippen LogP contribution in [0, 0.1) is 0 Å². The molecule has 3 rings (SSSR count). The number of carbonyl (C=O) groups excluding carboxylic acids is 1. The van der Waals surface area contributed by atoms with Crippen molar-refractivity contribution in [1.29, 1.82) is 0 Å². The minimum atomic E-state index is 0.0577. The molecule has 1 aromatic rings. The molecule has 128 valence electrons. The first-order chi connectivity index (χ1) is 11.3. The quantitative estimate of drug-likeness (QED) is 0.776. The third-order valence-corrected chi connectivity index (χ3v) is 4.67. The SMILES string of the molecule is COCCNC(=O)C[C@H]1CN(C2CCOCC2)Cc2ccnn21. The summed E-state index contributed by atoms with van der Waals surface area (Å²) < 4.78 is 12.5. The summed E-state index contributed by atoms with van der Waals surface area (Å²) in [6.07, 6.45) is 4.43. The molecular formula is C16H26N4O3. The Labute approximate surface area is 136 Å². The van der Waals surface area contributed by atoms with Crippen molar-refractivity contribution in [2.24, 2.45) is 0 Å². The molecule has 0 radical (unpaired) electrons. The van der Waals surface area contributed by atoms with E-state index in [1.54, 1.807) is 7.11 Å². The monoisotopic (exact) mass is 322 g/mol. The molecule has 0 bridgehead atoms. The van der Waals surface area contributed by atoms with Crippen LogP contribution in [0.4, 0.5) is 0 Å². The summed E-state index contributed by atoms with van der Waals surface area (Å²) in [5, 5.41) is 7.33. The van der Waals surface area contributed by atoms with Gasteiger partial charge in [-0.05, 0) is 18.9 Å². The van der Waals surface area contributed by atoms with Crippen LogP contribution in [0.1, 0.15) is 31.0 Å². The number of amides is 1. The van der Waals surface area contributed by atoms with Crippen molar-refractivity contribution >= 4 is 5.91 Å². The molecule has 7 nitrogen and oxygen atoms in total. The number of hydrogen-bond acceptors (Lipinski definition) is 5. The topological polar surface area (TPSA) is 68.6 Å². The Balaban J connectivity index is 1.63. The van der Waals surface area contributed by atoms with Crippen LogP contribution in [0.3, 0.4) is 0 Å². The van der Waals surface area contributed by atoms with E-state index in [1.165, 1.54) is 5.69 Å². The number of carbonyl (C=O) groups is 1. The molecule has 0 aliphatic carbocycles. The molecule has 0 spiro atoms. The number of ether oxygens (including phenoxy) is 2. The zero-order chi connectivity index (χ0) is 16.1. The van der Waals surface area contributed by atoms with Gasteiger partial charge in [0.15, 0.2) is 0 Å². The van der Waals surface area contributed by atoms with Crippen LogP contribution in [0.5, 0.6) is 0 Å². The molecule has 2 aliphatic heterocycles. The van der Waals surface area contributed by atoms with E-state index in [0.29, 0.717) is 25.6 Å². The predicted molar refractivity (Wildman–Crippen MR) is 85.0 cm³/mol. The third-order valence-electron chi connectivity index (χ3n) is 4.67. The van der Waals surface area contributed by atoms with Crippen LogP contribution in [-0.2, 0) is 20.8 Å². The van der Waals surface area contributed by atoms with Crippen LogP contribution in [0.15, 0.2) is 12.3 Å². The Kier molecular flexibility index (Phi) is 5.64. The van der Waals surface area contributed by atoms with Crippen LogP contribution in [0.2, 0.25) is 0 Å². The summed E-state index contributed by atoms with van der Waals surface area (Å²) >= 11 is 0. The van der Waals surface area contributed by atoms with Crippen molar-refractivity contribution in [2.75, 3.05) is 40.0 Å². The molecule has 1 atom stereocenters. The van der Waals surface area contributed by atoms with Gasteiger partial charge in [-0.3, -0.25) is 14.4 Å². The lowest BCUT2D eigenvalue weighted by molar-refractivity contribution is -0.122. The smallest absolute Gasteiger partial charge is 0.222 e. The highest BCUT2D eigenvalue weighted by Crippen LogP contribution is 2.27. The summed E-state index contributed by atoms with van der Waals surface area (Å²) in [5.41, 5.74) is 1.19. The van der Waals surface area contributed by atoms with Gasteiger partial charge in [0.25, 0.3) is 0 Å². The van der Waals surface area contributed by atoms with Crippen molar-refractivity contribution in [3.8, 4) is 0 Å². The zero-order valence-corrected chi connectivity index (χ0v) is 13.7. The Morgan fingerprint density at radius 3 is 3.09 bits per heavy atom. The van der Waals surface area contributed by atoms with E-state index >= 15 is 0 Å². The van der Waals surface area contributed by atoms with E-state index in [1.807, 2.05) is 10.9 Å². The summed E-state index contributed by atoms with van der Waals surface area (Å²) in [6.45, 7) is 4.55. The van der Waals surface area contributed by atoms with Crippen LogP contribution < -0.4 is 5.32 Å². The highest BCUT2D eigenvalue weighted by atomic mass is 16.5. The summed E-state index contributed by atoms with van der Waals surface area (Å²) in [7, 11) is 1.63. The molecule has 1 amide bonds. The maximum Gasteiger partial charge on any atom is 0.222 e. The molecular weight excluding hydrogens is 296 g/mol. The summed E-state index contributed by atoms with van der Waals surface area (Å²) in [4.78, 5) is 14.6. The average molecular weight is 322 g/mol. The second-order valence-electron chi connectivity index (χ2n) is 6.24. The maximum absolute atomic E-state index is 12.2. The average Bonchev–Trinajstić information content (AvgIpc) is 3.05. The van der Waals surface area contributed by atoms with Gasteiger partial charge in [-0.2, -0.15) is 5.10 Å². The molecule has 0 aromatic carbocycles. The Bertz CT molecular complexity index is 513. The fourth-order valence-electron chi connectivity index (χ4n) is 3.47. The third kappa shape index (κ3) is 4.10. The lowest BCUT2D eigenvalue weighted by atomic mass is 10.0. The number of rotatable bonds is 6. The van der Waals surface area contributed by atoms with E-state index in [9.17, 15) is 4.79 Å². The van der Waals surface area contributed by atoms with Crippen molar-refractivity contribution in [2.45, 2.75) is 37.9 Å². The summed E-state index contributed by atoms with van der Waals surface area (Å²) in [6, 6.07) is 2.70. The second-order valence-corrected chi connectivity index (χ2v) is 6.24. The first-order valence-electron chi connectivity index (χ1n) is 8.37. The fraction of sp³-hybridized carbons (Fsp3) is 0.750. The fourth-order valence-corrected chi connectivity index (χ4v) is 3.47. The maximum atomic E-state index is 12.2. The van der Waals surface area contributed by atoms with Gasteiger partial charge in [0.2, 0.25) is 5.91 Å². The van der Waals surface area contributed by atoms with Gasteiger partial charge in [-0.25, -0.2) is 0 Å². The molecule has 0 unspecified atom stereocenters. The van der Waals surface area contributed by atoms with E-state index < -0.39 is 0 Å². The van der Waals surface area contributed by atoms with Crippen LogP contribution >= 0.6 is 0 Å². The number of aromatic nitrogens is 2. The van der Waals surface area contributed by atoms with Gasteiger partial charge >= 0.3 is 0 Å². The number of methoxy groups -OCH3 is 1. The van der Waals surface area contributed by atoms with E-state index in [2.05, 4.69) is 21.4 Å². The Hall–Kier alpha value is -1.44. The van der Waals surface area contributed by atoms with Crippen molar-refractivity contribution in [3.63, 3.8) is 0 Å². The number of nitrogens with zero attached hydrogens (tertiary/aromatic N) is 3. The van der Waals surface area contributed by atoms with Crippen molar-refractivity contribution in [1.82, 2.24) is 20.0 Å². The molecule has 1 saturated heterocycles. The van der Waals surface area contributed by atoms with Crippen LogP contribution in [-0.4, -0.2) is 66.6 Å². The second kappa shape index (κ2) is 7.90. The van der Waals surface area contributed by atoms with Gasteiger partial charge in [0, 0.05) is 52.2 Å². The molecule has 1 N–H and O–H groups in total.